The lowest BCUT2D eigenvalue weighted by Gasteiger charge is -2.28. The van der Waals surface area contributed by atoms with Gasteiger partial charge in [-0.2, -0.15) is 5.26 Å². The molecule has 0 amide bonds. The lowest BCUT2D eigenvalue weighted by atomic mass is 9.75. The Hall–Kier alpha value is -5.91. The minimum absolute atomic E-state index is 0.224. The third kappa shape index (κ3) is 4.76. The number of nitriles is 1. The van der Waals surface area contributed by atoms with Crippen molar-refractivity contribution in [3.63, 3.8) is 0 Å². The molecular formula is C50H39NO. The molecule has 0 bridgehead atoms. The molecule has 0 radical (unpaired) electrons. The molecule has 0 N–H and O–H groups in total. The minimum Gasteiger partial charge on any atom is -0.454 e. The van der Waals surface area contributed by atoms with Crippen LogP contribution in [0.2, 0.25) is 0 Å². The normalized spacial score (nSPS) is 20.9. The first-order chi connectivity index (χ1) is 25.4. The topological polar surface area (TPSA) is 36.9 Å². The number of para-hydroxylation sites is 1. The Kier molecular flexibility index (Phi) is 7.02. The monoisotopic (exact) mass is 669 g/mol. The fourth-order valence-electron chi connectivity index (χ4n) is 9.33. The van der Waals surface area contributed by atoms with Gasteiger partial charge >= 0.3 is 0 Å². The molecule has 1 heterocycles. The molecule has 2 nitrogen and oxygen atoms in total. The Bertz CT molecular complexity index is 2810. The van der Waals surface area contributed by atoms with Gasteiger partial charge in [0.1, 0.15) is 11.8 Å². The van der Waals surface area contributed by atoms with Crippen LogP contribution in [-0.4, -0.2) is 0 Å². The van der Waals surface area contributed by atoms with E-state index >= 15 is 0 Å². The summed E-state index contributed by atoms with van der Waals surface area (Å²) in [5.74, 6) is 2.28. The Balaban J connectivity index is 1.11. The first-order valence-corrected chi connectivity index (χ1v) is 18.7. The van der Waals surface area contributed by atoms with Crippen molar-refractivity contribution in [1.29, 1.82) is 5.26 Å². The number of nitrogens with zero attached hydrogens (tertiary/aromatic N) is 1. The first kappa shape index (κ1) is 30.9. The number of allylic oxidation sites excluding steroid dienone is 7. The van der Waals surface area contributed by atoms with Gasteiger partial charge in [-0.15, -0.1) is 0 Å². The van der Waals surface area contributed by atoms with Crippen LogP contribution >= 0.6 is 0 Å². The van der Waals surface area contributed by atoms with Gasteiger partial charge in [0.2, 0.25) is 0 Å². The number of hydrogen-bond donors (Lipinski definition) is 0. The van der Waals surface area contributed by atoms with E-state index in [0.717, 1.165) is 29.6 Å². The van der Waals surface area contributed by atoms with Crippen molar-refractivity contribution < 1.29 is 4.42 Å². The van der Waals surface area contributed by atoms with E-state index in [4.69, 9.17) is 4.42 Å². The average molecular weight is 670 g/mol. The van der Waals surface area contributed by atoms with Crippen LogP contribution in [0, 0.1) is 29.1 Å². The molecule has 4 atom stereocenters. The SMILES string of the molecule is CC1C=Cc2c(c(-c3ccc4ccccc4c3)cc3c2cc(C2C=CC(C4=CC(C)Cc5c4oc4c(C#N)cccc54)=CC2C)c2ccccc23)C1. The fourth-order valence-corrected chi connectivity index (χ4v) is 9.33. The van der Waals surface area contributed by atoms with Crippen LogP contribution in [0.1, 0.15) is 60.3 Å². The highest BCUT2D eigenvalue weighted by molar-refractivity contribution is 6.14. The molecule has 0 spiro atoms. The van der Waals surface area contributed by atoms with E-state index < -0.39 is 0 Å². The van der Waals surface area contributed by atoms with E-state index in [1.54, 1.807) is 0 Å². The summed E-state index contributed by atoms with van der Waals surface area (Å²) in [6, 6.07) is 37.9. The van der Waals surface area contributed by atoms with Crippen LogP contribution in [-0.2, 0) is 12.8 Å². The largest absolute Gasteiger partial charge is 0.454 e. The van der Waals surface area contributed by atoms with Gasteiger partial charge in [0.05, 0.1) is 5.56 Å². The van der Waals surface area contributed by atoms with Gasteiger partial charge < -0.3 is 4.42 Å². The van der Waals surface area contributed by atoms with Crippen molar-refractivity contribution in [2.24, 2.45) is 17.8 Å². The number of rotatable bonds is 3. The second-order valence-corrected chi connectivity index (χ2v) is 15.4. The van der Waals surface area contributed by atoms with Gasteiger partial charge in [-0.05, 0) is 121 Å². The molecular weight excluding hydrogens is 631 g/mol. The molecule has 0 aliphatic heterocycles. The molecule has 1 aromatic heterocycles. The maximum atomic E-state index is 9.80. The zero-order chi connectivity index (χ0) is 35.1. The molecule has 250 valence electrons. The quantitative estimate of drug-likeness (QED) is 0.176. The highest BCUT2D eigenvalue weighted by atomic mass is 16.3. The Morgan fingerprint density at radius 1 is 0.654 bits per heavy atom. The predicted molar refractivity (Wildman–Crippen MR) is 217 cm³/mol. The van der Waals surface area contributed by atoms with E-state index in [0.29, 0.717) is 23.0 Å². The van der Waals surface area contributed by atoms with Crippen LogP contribution in [0.15, 0.2) is 137 Å². The number of hydrogen-bond acceptors (Lipinski definition) is 2. The molecule has 4 unspecified atom stereocenters. The summed E-state index contributed by atoms with van der Waals surface area (Å²) >= 11 is 0. The summed E-state index contributed by atoms with van der Waals surface area (Å²) in [6.07, 6.45) is 16.3. The van der Waals surface area contributed by atoms with E-state index in [1.807, 2.05) is 12.1 Å². The Morgan fingerprint density at radius 2 is 1.44 bits per heavy atom. The van der Waals surface area contributed by atoms with Crippen LogP contribution in [0.4, 0.5) is 0 Å². The standard InChI is InChI=1S/C50H39NO/c1-29-15-19-40-44(21-29)42(35-17-16-32-9-4-5-10-33(32)25-35)26-46-39-13-7-6-12-38(39)45(27-47(40)46)37-20-18-34(24-31(37)3)43-22-30(2)23-48-41-14-8-11-36(28-51)49(41)52-50(43)48/h4-20,22,24-27,29-31,37H,21,23H2,1-3H3. The first-order valence-electron chi connectivity index (χ1n) is 18.7. The third-order valence-electron chi connectivity index (χ3n) is 11.8. The van der Waals surface area contributed by atoms with E-state index in [2.05, 4.69) is 148 Å². The van der Waals surface area contributed by atoms with Crippen molar-refractivity contribution >= 4 is 54.9 Å². The summed E-state index contributed by atoms with van der Waals surface area (Å²) in [5, 5.41) is 18.7. The average Bonchev–Trinajstić information content (AvgIpc) is 3.55. The molecule has 0 saturated carbocycles. The van der Waals surface area contributed by atoms with Gasteiger partial charge in [-0.3, -0.25) is 0 Å². The molecule has 0 saturated heterocycles. The van der Waals surface area contributed by atoms with Crippen molar-refractivity contribution in [2.45, 2.75) is 39.5 Å². The second-order valence-electron chi connectivity index (χ2n) is 15.4. The van der Waals surface area contributed by atoms with Gasteiger partial charge in [0.25, 0.3) is 0 Å². The van der Waals surface area contributed by atoms with Crippen LogP contribution in [0.5, 0.6) is 0 Å². The molecule has 3 aliphatic rings. The molecule has 10 rings (SSSR count). The van der Waals surface area contributed by atoms with Crippen molar-refractivity contribution in [1.82, 2.24) is 0 Å². The summed E-state index contributed by atoms with van der Waals surface area (Å²) < 4.78 is 6.53. The van der Waals surface area contributed by atoms with Gasteiger partial charge in [0, 0.05) is 22.4 Å². The van der Waals surface area contributed by atoms with Crippen LogP contribution in [0.25, 0.3) is 66.1 Å². The zero-order valence-corrected chi connectivity index (χ0v) is 29.8. The van der Waals surface area contributed by atoms with E-state index in [9.17, 15) is 5.26 Å². The smallest absolute Gasteiger partial charge is 0.152 e. The maximum absolute atomic E-state index is 9.80. The van der Waals surface area contributed by atoms with Crippen LogP contribution in [0.3, 0.4) is 0 Å². The number of fused-ring (bicyclic) bond motifs is 9. The van der Waals surface area contributed by atoms with Crippen molar-refractivity contribution in [3.05, 3.63) is 167 Å². The van der Waals surface area contributed by atoms with E-state index in [-0.39, 0.29) is 11.8 Å². The Morgan fingerprint density at radius 3 is 2.29 bits per heavy atom. The van der Waals surface area contributed by atoms with E-state index in [1.165, 1.54) is 71.3 Å². The van der Waals surface area contributed by atoms with Crippen molar-refractivity contribution in [3.8, 4) is 17.2 Å². The predicted octanol–water partition coefficient (Wildman–Crippen LogP) is 13.1. The molecule has 2 heteroatoms. The minimum atomic E-state index is 0.224. The maximum Gasteiger partial charge on any atom is 0.152 e. The molecule has 3 aliphatic carbocycles. The van der Waals surface area contributed by atoms with Gasteiger partial charge in [-0.25, -0.2) is 0 Å². The summed E-state index contributed by atoms with van der Waals surface area (Å²) in [7, 11) is 0. The third-order valence-corrected chi connectivity index (χ3v) is 11.8. The van der Waals surface area contributed by atoms with Crippen molar-refractivity contribution in [2.75, 3.05) is 0 Å². The Labute approximate surface area is 304 Å². The van der Waals surface area contributed by atoms with Crippen LogP contribution < -0.4 is 0 Å². The molecule has 0 fully saturated rings. The molecule has 6 aromatic carbocycles. The molecule has 52 heavy (non-hydrogen) atoms. The number of furan rings is 1. The highest BCUT2D eigenvalue weighted by Crippen LogP contribution is 2.47. The van der Waals surface area contributed by atoms with Gasteiger partial charge in [-0.1, -0.05) is 130 Å². The zero-order valence-electron chi connectivity index (χ0n) is 29.8. The summed E-state index contributed by atoms with van der Waals surface area (Å²) in [6.45, 7) is 6.96. The highest BCUT2D eigenvalue weighted by Gasteiger charge is 2.30. The fraction of sp³-hybridized carbons (Fsp3) is 0.180. The number of benzene rings is 6. The second kappa shape index (κ2) is 11.8. The lowest BCUT2D eigenvalue weighted by molar-refractivity contribution is 0.576. The molecule has 7 aromatic rings. The summed E-state index contributed by atoms with van der Waals surface area (Å²) in [4.78, 5) is 0. The van der Waals surface area contributed by atoms with Gasteiger partial charge in [0.15, 0.2) is 5.58 Å². The summed E-state index contributed by atoms with van der Waals surface area (Å²) in [5.41, 5.74) is 11.7. The lowest BCUT2D eigenvalue weighted by Crippen LogP contribution is -2.13.